The van der Waals surface area contributed by atoms with Crippen molar-refractivity contribution in [3.63, 3.8) is 0 Å². The Morgan fingerprint density at radius 3 is 2.42 bits per heavy atom. The van der Waals surface area contributed by atoms with E-state index in [1.54, 1.807) is 30.3 Å². The first kappa shape index (κ1) is 19.0. The Morgan fingerprint density at radius 2 is 1.74 bits per heavy atom. The molecule has 0 aliphatic carbocycles. The highest BCUT2D eigenvalue weighted by atomic mass is 16.7. The highest BCUT2D eigenvalue weighted by molar-refractivity contribution is 5.95. The summed E-state index contributed by atoms with van der Waals surface area (Å²) in [6.45, 7) is 0.296. The molecule has 0 radical (unpaired) electrons. The third kappa shape index (κ3) is 3.15. The van der Waals surface area contributed by atoms with Crippen LogP contribution in [0.15, 0.2) is 66.9 Å². The summed E-state index contributed by atoms with van der Waals surface area (Å²) in [4.78, 5) is 44.7. The molecule has 9 heteroatoms. The number of nitrogens with zero attached hydrogens (tertiary/aromatic N) is 4. The molecule has 3 heterocycles. The fraction of sp³-hybridized carbons (Fsp3) is 0.182. The molecule has 31 heavy (non-hydrogen) atoms. The number of urea groups is 1. The van der Waals surface area contributed by atoms with E-state index in [2.05, 4.69) is 5.10 Å². The number of aliphatic carboxylic acids is 1. The van der Waals surface area contributed by atoms with Gasteiger partial charge in [-0.3, -0.25) is 9.63 Å². The van der Waals surface area contributed by atoms with Crippen molar-refractivity contribution >= 4 is 17.9 Å². The van der Waals surface area contributed by atoms with E-state index in [0.29, 0.717) is 11.1 Å². The van der Waals surface area contributed by atoms with E-state index in [9.17, 15) is 19.5 Å². The number of aromatic nitrogens is 2. The Morgan fingerprint density at radius 1 is 1.06 bits per heavy atom. The summed E-state index contributed by atoms with van der Waals surface area (Å²) in [7, 11) is 0. The van der Waals surface area contributed by atoms with Crippen LogP contribution in [-0.2, 0) is 16.2 Å². The van der Waals surface area contributed by atoms with Gasteiger partial charge in [0, 0.05) is 17.3 Å². The molecule has 5 rings (SSSR count). The van der Waals surface area contributed by atoms with Gasteiger partial charge in [0.15, 0.2) is 6.04 Å². The molecule has 2 unspecified atom stereocenters. The van der Waals surface area contributed by atoms with Gasteiger partial charge in [0.05, 0.1) is 6.54 Å². The lowest BCUT2D eigenvalue weighted by atomic mass is 9.98. The number of fused-ring (bicyclic) bond motifs is 4. The predicted octanol–water partition coefficient (Wildman–Crippen LogP) is 2.62. The van der Waals surface area contributed by atoms with Gasteiger partial charge in [0.2, 0.25) is 0 Å². The zero-order valence-electron chi connectivity index (χ0n) is 16.3. The van der Waals surface area contributed by atoms with Gasteiger partial charge >= 0.3 is 12.0 Å². The maximum absolute atomic E-state index is 12.9. The van der Waals surface area contributed by atoms with Crippen LogP contribution in [-0.4, -0.2) is 49.3 Å². The van der Waals surface area contributed by atoms with E-state index in [1.807, 2.05) is 30.3 Å². The quantitative estimate of drug-likeness (QED) is 0.683. The fourth-order valence-electron chi connectivity index (χ4n) is 3.99. The standard InChI is InChI=1S/C22H18N4O5/c27-20(15-9-5-2-6-10-15)25-11-16-17-12-24(19(21(28)29)18(16)23-25)22(30)26(17)31-13-14-7-3-1-4-8-14/h1-11,17,19H,12-13H2,(H,28,29). The molecular formula is C22H18N4O5. The number of hydrogen-bond donors (Lipinski definition) is 1. The number of rotatable bonds is 5. The smallest absolute Gasteiger partial charge is 0.345 e. The van der Waals surface area contributed by atoms with Gasteiger partial charge in [-0.25, -0.2) is 14.3 Å². The minimum absolute atomic E-state index is 0.142. The normalized spacial score (nSPS) is 19.4. The number of amides is 2. The van der Waals surface area contributed by atoms with Crippen LogP contribution in [0, 0.1) is 0 Å². The Balaban J connectivity index is 1.49. The molecule has 9 nitrogen and oxygen atoms in total. The van der Waals surface area contributed by atoms with Gasteiger partial charge in [-0.1, -0.05) is 48.5 Å². The van der Waals surface area contributed by atoms with Crippen LogP contribution in [0.1, 0.15) is 39.3 Å². The average Bonchev–Trinajstić information content (AvgIpc) is 3.35. The molecule has 2 bridgehead atoms. The van der Waals surface area contributed by atoms with Crippen LogP contribution >= 0.6 is 0 Å². The maximum atomic E-state index is 12.9. The number of hydroxylamine groups is 2. The van der Waals surface area contributed by atoms with E-state index in [-0.39, 0.29) is 24.8 Å². The highest BCUT2D eigenvalue weighted by Crippen LogP contribution is 2.43. The van der Waals surface area contributed by atoms with Gasteiger partial charge in [-0.15, -0.1) is 0 Å². The second-order valence-corrected chi connectivity index (χ2v) is 7.36. The summed E-state index contributed by atoms with van der Waals surface area (Å²) in [6.07, 6.45) is 1.50. The molecule has 1 saturated heterocycles. The van der Waals surface area contributed by atoms with Gasteiger partial charge < -0.3 is 10.0 Å². The lowest BCUT2D eigenvalue weighted by Crippen LogP contribution is -2.38. The first-order valence-corrected chi connectivity index (χ1v) is 9.73. The van der Waals surface area contributed by atoms with E-state index >= 15 is 0 Å². The Hall–Kier alpha value is -3.98. The molecule has 1 fully saturated rings. The first-order chi connectivity index (χ1) is 15.0. The number of benzene rings is 2. The zero-order chi connectivity index (χ0) is 21.5. The monoisotopic (exact) mass is 418 g/mol. The summed E-state index contributed by atoms with van der Waals surface area (Å²) >= 11 is 0. The molecule has 1 aromatic heterocycles. The molecule has 2 aliphatic rings. The van der Waals surface area contributed by atoms with Crippen molar-refractivity contribution in [1.29, 1.82) is 0 Å². The predicted molar refractivity (Wildman–Crippen MR) is 107 cm³/mol. The first-order valence-electron chi connectivity index (χ1n) is 9.73. The van der Waals surface area contributed by atoms with E-state index in [0.717, 1.165) is 10.2 Å². The lowest BCUT2D eigenvalue weighted by molar-refractivity contribution is -0.143. The Labute approximate surface area is 177 Å². The lowest BCUT2D eigenvalue weighted by Gasteiger charge is -2.26. The van der Waals surface area contributed by atoms with Crippen molar-refractivity contribution in [2.45, 2.75) is 18.7 Å². The zero-order valence-corrected chi connectivity index (χ0v) is 16.3. The molecule has 0 saturated carbocycles. The van der Waals surface area contributed by atoms with Crippen LogP contribution in [0.4, 0.5) is 4.79 Å². The third-order valence-corrected chi connectivity index (χ3v) is 5.47. The van der Waals surface area contributed by atoms with Crippen LogP contribution in [0.25, 0.3) is 0 Å². The van der Waals surface area contributed by atoms with Gasteiger partial charge in [-0.05, 0) is 17.7 Å². The van der Waals surface area contributed by atoms with Crippen molar-refractivity contribution in [3.8, 4) is 0 Å². The molecule has 2 atom stereocenters. The van der Waals surface area contributed by atoms with E-state index in [1.165, 1.54) is 16.2 Å². The molecule has 2 aliphatic heterocycles. The average molecular weight is 418 g/mol. The number of carboxylic acid groups (broad SMARTS) is 1. The third-order valence-electron chi connectivity index (χ3n) is 5.47. The summed E-state index contributed by atoms with van der Waals surface area (Å²) in [5.74, 6) is -1.59. The summed E-state index contributed by atoms with van der Waals surface area (Å²) in [5, 5.41) is 15.3. The number of hydrogen-bond acceptors (Lipinski definition) is 5. The molecular weight excluding hydrogens is 400 g/mol. The van der Waals surface area contributed by atoms with Gasteiger partial charge in [0.1, 0.15) is 18.3 Å². The van der Waals surface area contributed by atoms with Crippen LogP contribution in [0.5, 0.6) is 0 Å². The van der Waals surface area contributed by atoms with Crippen molar-refractivity contribution in [1.82, 2.24) is 19.7 Å². The molecule has 2 amide bonds. The number of carbonyl (C=O) groups is 3. The minimum Gasteiger partial charge on any atom is -0.479 e. The van der Waals surface area contributed by atoms with Crippen molar-refractivity contribution < 1.29 is 24.3 Å². The van der Waals surface area contributed by atoms with Gasteiger partial charge in [0.25, 0.3) is 5.91 Å². The van der Waals surface area contributed by atoms with E-state index in [4.69, 9.17) is 4.84 Å². The molecule has 1 N–H and O–H groups in total. The number of carboxylic acids is 1. The second kappa shape index (κ2) is 7.37. The van der Waals surface area contributed by atoms with Crippen LogP contribution in [0.2, 0.25) is 0 Å². The van der Waals surface area contributed by atoms with Crippen molar-refractivity contribution in [3.05, 3.63) is 89.2 Å². The Kier molecular flexibility index (Phi) is 4.52. The SMILES string of the molecule is O=C(O)C1c2nn(C(=O)c3ccccc3)cc2C2CN1C(=O)N2OCc1ccccc1. The van der Waals surface area contributed by atoms with Gasteiger partial charge in [-0.2, -0.15) is 10.2 Å². The summed E-state index contributed by atoms with van der Waals surface area (Å²) < 4.78 is 1.14. The highest BCUT2D eigenvalue weighted by Gasteiger charge is 2.53. The van der Waals surface area contributed by atoms with Crippen molar-refractivity contribution in [2.24, 2.45) is 0 Å². The fourth-order valence-corrected chi connectivity index (χ4v) is 3.99. The second-order valence-electron chi connectivity index (χ2n) is 7.36. The van der Waals surface area contributed by atoms with E-state index < -0.39 is 24.1 Å². The number of carbonyl (C=O) groups excluding carboxylic acids is 2. The summed E-state index contributed by atoms with van der Waals surface area (Å²) in [6, 6.07) is 15.6. The molecule has 156 valence electrons. The van der Waals surface area contributed by atoms with Crippen molar-refractivity contribution in [2.75, 3.05) is 6.54 Å². The Bertz CT molecular complexity index is 1160. The molecule has 0 spiro atoms. The minimum atomic E-state index is -1.28. The molecule has 2 aromatic carbocycles. The van der Waals surface area contributed by atoms with Crippen LogP contribution in [0.3, 0.4) is 0 Å². The summed E-state index contributed by atoms with van der Waals surface area (Å²) in [5.41, 5.74) is 1.96. The largest absolute Gasteiger partial charge is 0.479 e. The molecule has 3 aromatic rings. The maximum Gasteiger partial charge on any atom is 0.345 e. The van der Waals surface area contributed by atoms with Crippen LogP contribution < -0.4 is 0 Å². The topological polar surface area (TPSA) is 105 Å².